The van der Waals surface area contributed by atoms with Crippen LogP contribution in [-0.4, -0.2) is 50.7 Å². The van der Waals surface area contributed by atoms with E-state index >= 15 is 0 Å². The molecule has 1 N–H and O–H groups in total. The van der Waals surface area contributed by atoms with Crippen molar-refractivity contribution in [1.82, 2.24) is 19.3 Å². The lowest BCUT2D eigenvalue weighted by molar-refractivity contribution is 0.0356. The lowest BCUT2D eigenvalue weighted by Gasteiger charge is -2.10. The Morgan fingerprint density at radius 3 is 2.88 bits per heavy atom. The molecule has 0 atom stereocenters. The van der Waals surface area contributed by atoms with Gasteiger partial charge in [0.25, 0.3) is 0 Å². The highest BCUT2D eigenvalue weighted by molar-refractivity contribution is 7.80. The zero-order valence-electron chi connectivity index (χ0n) is 13.2. The van der Waals surface area contributed by atoms with Crippen molar-refractivity contribution < 1.29 is 19.4 Å². The number of carboxylic acids is 1. The van der Waals surface area contributed by atoms with E-state index in [4.69, 9.17) is 26.2 Å². The van der Waals surface area contributed by atoms with Crippen LogP contribution in [0.25, 0.3) is 17.0 Å². The molecule has 0 fully saturated rings. The number of benzene rings is 1. The van der Waals surface area contributed by atoms with Crippen LogP contribution in [0.15, 0.2) is 29.4 Å². The Hall–Kier alpha value is -2.07. The van der Waals surface area contributed by atoms with Crippen LogP contribution in [-0.2, 0) is 16.2 Å². The smallest absolute Gasteiger partial charge is 0.338 e. The second-order valence-electron chi connectivity index (χ2n) is 5.14. The van der Waals surface area contributed by atoms with E-state index in [-0.39, 0.29) is 12.3 Å². The first kappa shape index (κ1) is 17.7. The SMILES string of the molecule is COCCOCn1c(-n2cc(C(=O)O)cn2)nc2cc(S)c(Cl)cc21. The molecule has 25 heavy (non-hydrogen) atoms. The Morgan fingerprint density at radius 1 is 1.40 bits per heavy atom. The number of nitrogens with zero attached hydrogens (tertiary/aromatic N) is 4. The number of aromatic nitrogens is 4. The van der Waals surface area contributed by atoms with Gasteiger partial charge in [-0.05, 0) is 12.1 Å². The monoisotopic (exact) mass is 382 g/mol. The molecule has 10 heteroatoms. The Kier molecular flexibility index (Phi) is 5.28. The van der Waals surface area contributed by atoms with E-state index in [1.807, 2.05) is 0 Å². The summed E-state index contributed by atoms with van der Waals surface area (Å²) in [5.41, 5.74) is 1.43. The molecule has 8 nitrogen and oxygen atoms in total. The number of hydrogen-bond donors (Lipinski definition) is 2. The maximum Gasteiger partial charge on any atom is 0.338 e. The van der Waals surface area contributed by atoms with Crippen molar-refractivity contribution in [1.29, 1.82) is 0 Å². The number of carbonyl (C=O) groups is 1. The largest absolute Gasteiger partial charge is 0.478 e. The van der Waals surface area contributed by atoms with E-state index in [9.17, 15) is 4.79 Å². The summed E-state index contributed by atoms with van der Waals surface area (Å²) >= 11 is 10.5. The summed E-state index contributed by atoms with van der Waals surface area (Å²) in [5, 5.41) is 13.6. The van der Waals surface area contributed by atoms with Crippen molar-refractivity contribution in [3.05, 3.63) is 35.1 Å². The van der Waals surface area contributed by atoms with Gasteiger partial charge in [-0.2, -0.15) is 5.10 Å². The summed E-state index contributed by atoms with van der Waals surface area (Å²) in [5.74, 6) is -0.652. The van der Waals surface area contributed by atoms with Crippen molar-refractivity contribution >= 4 is 41.2 Å². The van der Waals surface area contributed by atoms with Gasteiger partial charge in [0.2, 0.25) is 5.95 Å². The van der Waals surface area contributed by atoms with E-state index in [0.29, 0.717) is 34.6 Å². The first-order chi connectivity index (χ1) is 12.0. The lowest BCUT2D eigenvalue weighted by atomic mass is 10.3. The van der Waals surface area contributed by atoms with Gasteiger partial charge in [0.1, 0.15) is 6.73 Å². The molecule has 3 aromatic rings. The van der Waals surface area contributed by atoms with E-state index in [1.165, 1.54) is 17.1 Å². The molecule has 0 unspecified atom stereocenters. The molecule has 0 radical (unpaired) electrons. The first-order valence-electron chi connectivity index (χ1n) is 7.25. The first-order valence-corrected chi connectivity index (χ1v) is 8.07. The number of hydrogen-bond acceptors (Lipinski definition) is 6. The van der Waals surface area contributed by atoms with Gasteiger partial charge in [-0.25, -0.2) is 14.5 Å². The molecule has 2 heterocycles. The summed E-state index contributed by atoms with van der Waals surface area (Å²) in [6.45, 7) is 1.03. The molecule has 0 saturated carbocycles. The van der Waals surface area contributed by atoms with Crippen molar-refractivity contribution in [2.75, 3.05) is 20.3 Å². The average molecular weight is 383 g/mol. The van der Waals surface area contributed by atoms with Crippen molar-refractivity contribution in [3.8, 4) is 5.95 Å². The summed E-state index contributed by atoms with van der Waals surface area (Å²) < 4.78 is 13.7. The van der Waals surface area contributed by atoms with Gasteiger partial charge in [0.15, 0.2) is 0 Å². The summed E-state index contributed by atoms with van der Waals surface area (Å²) in [4.78, 5) is 16.2. The number of methoxy groups -OCH3 is 1. The van der Waals surface area contributed by atoms with Crippen LogP contribution in [0.2, 0.25) is 5.02 Å². The number of halogens is 1. The maximum absolute atomic E-state index is 11.1. The molecule has 2 aromatic heterocycles. The normalized spacial score (nSPS) is 11.3. The third-order valence-electron chi connectivity index (χ3n) is 3.48. The highest BCUT2D eigenvalue weighted by Crippen LogP contribution is 2.28. The highest BCUT2D eigenvalue weighted by Gasteiger charge is 2.17. The minimum Gasteiger partial charge on any atom is -0.478 e. The summed E-state index contributed by atoms with van der Waals surface area (Å²) in [6, 6.07) is 3.47. The second kappa shape index (κ2) is 7.44. The molecule has 0 aliphatic rings. The Balaban J connectivity index is 2.06. The average Bonchev–Trinajstić information content (AvgIpc) is 3.18. The highest BCUT2D eigenvalue weighted by atomic mass is 35.5. The quantitative estimate of drug-likeness (QED) is 0.482. The van der Waals surface area contributed by atoms with Gasteiger partial charge in [0.05, 0.1) is 41.0 Å². The Labute approximate surface area is 153 Å². The third kappa shape index (κ3) is 3.64. The molecule has 0 bridgehead atoms. The molecule has 1 aromatic carbocycles. The standard InChI is InChI=1S/C15H15ClN4O4S/c1-23-2-3-24-8-19-12-4-10(16)13(25)5-11(12)18-15(19)20-7-9(6-17-20)14(21)22/h4-7,25H,2-3,8H2,1H3,(H,21,22). The topological polar surface area (TPSA) is 91.4 Å². The van der Waals surface area contributed by atoms with Gasteiger partial charge in [0, 0.05) is 18.2 Å². The molecule has 0 aliphatic heterocycles. The number of carboxylic acid groups (broad SMARTS) is 1. The van der Waals surface area contributed by atoms with E-state index < -0.39 is 5.97 Å². The number of aromatic carboxylic acids is 1. The molecule has 0 amide bonds. The summed E-state index contributed by atoms with van der Waals surface area (Å²) in [6.07, 6.45) is 2.65. The molecule has 3 rings (SSSR count). The van der Waals surface area contributed by atoms with Crippen LogP contribution in [0, 0.1) is 0 Å². The molecule has 0 spiro atoms. The van der Waals surface area contributed by atoms with Gasteiger partial charge in [-0.3, -0.25) is 4.57 Å². The van der Waals surface area contributed by atoms with Crippen LogP contribution in [0.5, 0.6) is 0 Å². The molecular formula is C15H15ClN4O4S. The van der Waals surface area contributed by atoms with Crippen LogP contribution in [0.4, 0.5) is 0 Å². The number of ether oxygens (including phenoxy) is 2. The predicted octanol–water partition coefficient (Wildman–Crippen LogP) is 2.48. The molecular weight excluding hydrogens is 368 g/mol. The maximum atomic E-state index is 11.1. The van der Waals surface area contributed by atoms with Gasteiger partial charge in [-0.1, -0.05) is 11.6 Å². The number of rotatable bonds is 7. The van der Waals surface area contributed by atoms with Crippen LogP contribution >= 0.6 is 24.2 Å². The second-order valence-corrected chi connectivity index (χ2v) is 6.03. The fourth-order valence-electron chi connectivity index (χ4n) is 2.26. The fraction of sp³-hybridized carbons (Fsp3) is 0.267. The minimum atomic E-state index is -1.06. The van der Waals surface area contributed by atoms with E-state index in [1.54, 1.807) is 23.8 Å². The number of thiol groups is 1. The lowest BCUT2D eigenvalue weighted by Crippen LogP contribution is -2.12. The number of imidazole rings is 1. The van der Waals surface area contributed by atoms with Crippen LogP contribution < -0.4 is 0 Å². The van der Waals surface area contributed by atoms with E-state index in [0.717, 1.165) is 5.52 Å². The molecule has 132 valence electrons. The van der Waals surface area contributed by atoms with Crippen molar-refractivity contribution in [2.45, 2.75) is 11.6 Å². The van der Waals surface area contributed by atoms with Crippen molar-refractivity contribution in [3.63, 3.8) is 0 Å². The fourth-order valence-corrected chi connectivity index (χ4v) is 2.61. The van der Waals surface area contributed by atoms with Gasteiger partial charge >= 0.3 is 5.97 Å². The summed E-state index contributed by atoms with van der Waals surface area (Å²) in [7, 11) is 1.59. The van der Waals surface area contributed by atoms with Gasteiger partial charge < -0.3 is 14.6 Å². The van der Waals surface area contributed by atoms with Gasteiger partial charge in [-0.15, -0.1) is 12.6 Å². The van der Waals surface area contributed by atoms with E-state index in [2.05, 4.69) is 22.7 Å². The Bertz CT molecular complexity index is 924. The predicted molar refractivity (Wildman–Crippen MR) is 93.9 cm³/mol. The van der Waals surface area contributed by atoms with Crippen LogP contribution in [0.1, 0.15) is 10.4 Å². The Morgan fingerprint density at radius 2 is 2.20 bits per heavy atom. The number of fused-ring (bicyclic) bond motifs is 1. The third-order valence-corrected chi connectivity index (χ3v) is 4.30. The molecule has 0 saturated heterocycles. The van der Waals surface area contributed by atoms with Crippen LogP contribution in [0.3, 0.4) is 0 Å². The minimum absolute atomic E-state index is 0.0619. The molecule has 0 aliphatic carbocycles. The zero-order valence-corrected chi connectivity index (χ0v) is 14.9. The zero-order chi connectivity index (χ0) is 18.0. The van der Waals surface area contributed by atoms with Crippen molar-refractivity contribution in [2.24, 2.45) is 0 Å².